The van der Waals surface area contributed by atoms with Crippen LogP contribution in [-0.4, -0.2) is 28.0 Å². The third kappa shape index (κ3) is 4.46. The predicted octanol–water partition coefficient (Wildman–Crippen LogP) is 3.61. The van der Waals surface area contributed by atoms with Gasteiger partial charge in [0, 0.05) is 43.1 Å². The molecular formula is C22H22ClN3O. The number of fused-ring (bicyclic) bond motifs is 1. The summed E-state index contributed by atoms with van der Waals surface area (Å²) in [4.78, 5) is 22.8. The first-order chi connectivity index (χ1) is 13.2. The molecule has 0 amide bonds. The maximum atomic E-state index is 12.6. The molecule has 0 radical (unpaired) electrons. The second-order valence-corrected chi connectivity index (χ2v) is 7.44. The van der Waals surface area contributed by atoms with Gasteiger partial charge in [-0.25, -0.2) is 4.98 Å². The first kappa shape index (κ1) is 18.0. The van der Waals surface area contributed by atoms with Gasteiger partial charge in [-0.1, -0.05) is 54.1 Å². The van der Waals surface area contributed by atoms with Crippen LogP contribution in [0, 0.1) is 0 Å². The Labute approximate surface area is 163 Å². The van der Waals surface area contributed by atoms with E-state index in [2.05, 4.69) is 34.1 Å². The fourth-order valence-electron chi connectivity index (χ4n) is 3.63. The van der Waals surface area contributed by atoms with Gasteiger partial charge in [0.15, 0.2) is 0 Å². The summed E-state index contributed by atoms with van der Waals surface area (Å²) < 4.78 is 0. The molecular weight excluding hydrogens is 358 g/mol. The third-order valence-electron chi connectivity index (χ3n) is 5.00. The second-order valence-electron chi connectivity index (χ2n) is 7.01. The van der Waals surface area contributed by atoms with Crippen LogP contribution >= 0.6 is 11.6 Å². The summed E-state index contributed by atoms with van der Waals surface area (Å²) in [5, 5.41) is 0.696. The lowest BCUT2D eigenvalue weighted by molar-refractivity contribution is 0.279. The zero-order valence-corrected chi connectivity index (χ0v) is 15.9. The van der Waals surface area contributed by atoms with Crippen molar-refractivity contribution in [1.29, 1.82) is 0 Å². The Morgan fingerprint density at radius 3 is 2.59 bits per heavy atom. The van der Waals surface area contributed by atoms with E-state index >= 15 is 0 Å². The summed E-state index contributed by atoms with van der Waals surface area (Å²) in [6, 6.07) is 18.1. The van der Waals surface area contributed by atoms with Crippen LogP contribution in [0.25, 0.3) is 0 Å². The smallest absolute Gasteiger partial charge is 0.254 e. The van der Waals surface area contributed by atoms with Gasteiger partial charge in [-0.05, 0) is 29.7 Å². The standard InChI is InChI=1S/C22H22ClN3O/c23-18-8-4-7-17(13-18)14-21-24-20-10-12-26(11-9-19(20)22(27)25-21)15-16-5-2-1-3-6-16/h1-8,13H,9-12,14-15H2,(H,24,25,27). The van der Waals surface area contributed by atoms with E-state index in [4.69, 9.17) is 16.6 Å². The van der Waals surface area contributed by atoms with Gasteiger partial charge in [-0.2, -0.15) is 0 Å². The Bertz CT molecular complexity index is 984. The fraction of sp³-hybridized carbons (Fsp3) is 0.273. The molecule has 5 heteroatoms. The van der Waals surface area contributed by atoms with Crippen molar-refractivity contribution in [3.63, 3.8) is 0 Å². The molecule has 1 aliphatic rings. The highest BCUT2D eigenvalue weighted by Gasteiger charge is 2.19. The Morgan fingerprint density at radius 1 is 1.00 bits per heavy atom. The van der Waals surface area contributed by atoms with Crippen molar-refractivity contribution >= 4 is 11.6 Å². The Hall–Kier alpha value is -2.43. The van der Waals surface area contributed by atoms with E-state index in [1.807, 2.05) is 30.3 Å². The molecule has 1 N–H and O–H groups in total. The summed E-state index contributed by atoms with van der Waals surface area (Å²) in [6.45, 7) is 2.69. The molecule has 0 saturated carbocycles. The van der Waals surface area contributed by atoms with Gasteiger partial charge in [0.05, 0.1) is 5.69 Å². The number of nitrogens with zero attached hydrogens (tertiary/aromatic N) is 2. The quantitative estimate of drug-likeness (QED) is 0.753. The van der Waals surface area contributed by atoms with Gasteiger partial charge >= 0.3 is 0 Å². The number of H-pyrrole nitrogens is 1. The zero-order chi connectivity index (χ0) is 18.6. The van der Waals surface area contributed by atoms with Crippen molar-refractivity contribution < 1.29 is 0 Å². The third-order valence-corrected chi connectivity index (χ3v) is 5.24. The van der Waals surface area contributed by atoms with E-state index in [0.717, 1.165) is 49.3 Å². The summed E-state index contributed by atoms with van der Waals surface area (Å²) in [5.74, 6) is 0.706. The predicted molar refractivity (Wildman–Crippen MR) is 108 cm³/mol. The van der Waals surface area contributed by atoms with E-state index in [0.29, 0.717) is 17.3 Å². The number of aromatic nitrogens is 2. The normalized spacial score (nSPS) is 14.6. The van der Waals surface area contributed by atoms with Crippen LogP contribution in [0.3, 0.4) is 0 Å². The largest absolute Gasteiger partial charge is 0.310 e. The molecule has 0 unspecified atom stereocenters. The van der Waals surface area contributed by atoms with E-state index in [-0.39, 0.29) is 5.56 Å². The van der Waals surface area contributed by atoms with Crippen molar-refractivity contribution in [2.24, 2.45) is 0 Å². The highest BCUT2D eigenvalue weighted by Crippen LogP contribution is 2.16. The second kappa shape index (κ2) is 8.07. The van der Waals surface area contributed by atoms with Gasteiger partial charge in [-0.15, -0.1) is 0 Å². The van der Waals surface area contributed by atoms with Gasteiger partial charge in [0.25, 0.3) is 5.56 Å². The summed E-state index contributed by atoms with van der Waals surface area (Å²) in [5.41, 5.74) is 4.11. The number of hydrogen-bond acceptors (Lipinski definition) is 3. The Morgan fingerprint density at radius 2 is 1.78 bits per heavy atom. The number of aromatic amines is 1. The Kier molecular flexibility index (Phi) is 5.37. The molecule has 1 aromatic heterocycles. The van der Waals surface area contributed by atoms with E-state index < -0.39 is 0 Å². The molecule has 4 rings (SSSR count). The molecule has 0 atom stereocenters. The first-order valence-corrected chi connectivity index (χ1v) is 9.67. The van der Waals surface area contributed by atoms with Gasteiger partial charge in [0.2, 0.25) is 0 Å². The van der Waals surface area contributed by atoms with Crippen molar-refractivity contribution in [2.75, 3.05) is 13.1 Å². The molecule has 0 spiro atoms. The van der Waals surface area contributed by atoms with Crippen molar-refractivity contribution in [3.8, 4) is 0 Å². The molecule has 2 aromatic carbocycles. The monoisotopic (exact) mass is 379 g/mol. The highest BCUT2D eigenvalue weighted by molar-refractivity contribution is 6.30. The van der Waals surface area contributed by atoms with Gasteiger partial charge < -0.3 is 4.98 Å². The lowest BCUT2D eigenvalue weighted by Gasteiger charge is -2.19. The summed E-state index contributed by atoms with van der Waals surface area (Å²) >= 11 is 6.06. The van der Waals surface area contributed by atoms with Gasteiger partial charge in [-0.3, -0.25) is 9.69 Å². The van der Waals surface area contributed by atoms with Crippen molar-refractivity contribution in [2.45, 2.75) is 25.8 Å². The maximum absolute atomic E-state index is 12.6. The molecule has 1 aliphatic heterocycles. The van der Waals surface area contributed by atoms with E-state index in [1.54, 1.807) is 0 Å². The van der Waals surface area contributed by atoms with Crippen LogP contribution in [0.4, 0.5) is 0 Å². The number of halogens is 1. The molecule has 0 fully saturated rings. The van der Waals surface area contributed by atoms with Gasteiger partial charge in [0.1, 0.15) is 5.82 Å². The molecule has 4 nitrogen and oxygen atoms in total. The van der Waals surface area contributed by atoms with E-state index in [9.17, 15) is 4.79 Å². The lowest BCUT2D eigenvalue weighted by atomic mass is 10.1. The average Bonchev–Trinajstić information content (AvgIpc) is 2.86. The maximum Gasteiger partial charge on any atom is 0.254 e. The van der Waals surface area contributed by atoms with Crippen LogP contribution in [0.15, 0.2) is 59.4 Å². The first-order valence-electron chi connectivity index (χ1n) is 9.29. The molecule has 3 aromatic rings. The van der Waals surface area contributed by atoms with Crippen LogP contribution < -0.4 is 5.56 Å². The topological polar surface area (TPSA) is 49.0 Å². The van der Waals surface area contributed by atoms with Crippen LogP contribution in [0.5, 0.6) is 0 Å². The van der Waals surface area contributed by atoms with Crippen molar-refractivity contribution in [3.05, 3.63) is 98.2 Å². The lowest BCUT2D eigenvalue weighted by Crippen LogP contribution is -2.26. The molecule has 0 aliphatic carbocycles. The minimum atomic E-state index is -0.00131. The molecule has 27 heavy (non-hydrogen) atoms. The molecule has 0 bridgehead atoms. The van der Waals surface area contributed by atoms with Crippen LogP contribution in [0.1, 0.15) is 28.2 Å². The Balaban J connectivity index is 1.51. The molecule has 138 valence electrons. The summed E-state index contributed by atoms with van der Waals surface area (Å²) in [7, 11) is 0. The minimum absolute atomic E-state index is 0.00131. The zero-order valence-electron chi connectivity index (χ0n) is 15.1. The number of rotatable bonds is 4. The van der Waals surface area contributed by atoms with Crippen LogP contribution in [0.2, 0.25) is 5.02 Å². The van der Waals surface area contributed by atoms with Crippen LogP contribution in [-0.2, 0) is 25.8 Å². The van der Waals surface area contributed by atoms with E-state index in [1.165, 1.54) is 5.56 Å². The number of hydrogen-bond donors (Lipinski definition) is 1. The average molecular weight is 380 g/mol. The fourth-order valence-corrected chi connectivity index (χ4v) is 3.84. The molecule has 0 saturated heterocycles. The minimum Gasteiger partial charge on any atom is -0.310 e. The van der Waals surface area contributed by atoms with Crippen molar-refractivity contribution in [1.82, 2.24) is 14.9 Å². The molecule has 2 heterocycles. The highest BCUT2D eigenvalue weighted by atomic mass is 35.5. The SMILES string of the molecule is O=c1[nH]c(Cc2cccc(Cl)c2)nc2c1CCN(Cc1ccccc1)CC2. The number of benzene rings is 2. The summed E-state index contributed by atoms with van der Waals surface area (Å²) in [6.07, 6.45) is 2.12. The number of nitrogens with one attached hydrogen (secondary N) is 1.